The molecule has 158 valence electrons. The Morgan fingerprint density at radius 3 is 1.81 bits per heavy atom. The number of carbonyl (C=O) groups is 3. The summed E-state index contributed by atoms with van der Waals surface area (Å²) in [5, 5.41) is 33.5. The lowest BCUT2D eigenvalue weighted by atomic mass is 9.99. The Bertz CT molecular complexity index is 637. The van der Waals surface area contributed by atoms with Crippen LogP contribution in [0.2, 0.25) is 0 Å². The van der Waals surface area contributed by atoms with Gasteiger partial charge in [-0.15, -0.1) is 6.58 Å². The van der Waals surface area contributed by atoms with E-state index in [1.807, 2.05) is 0 Å². The molecule has 16 heteroatoms. The largest absolute Gasteiger partial charge is 0.481 e. The summed E-state index contributed by atoms with van der Waals surface area (Å²) in [7, 11) is -9.69. The average Bonchev–Trinajstić information content (AvgIpc) is 2.40. The molecule has 0 heterocycles. The fraction of sp³-hybridized carbons (Fsp3) is 0.545. The SMILES string of the molecule is C=C(C)CCOP(=O)(O)OP(=O)(O)O.O=C(O)CC(C(=O)O)C(O)C(=O)O. The van der Waals surface area contributed by atoms with Gasteiger partial charge in [0.05, 0.1) is 13.0 Å². The number of aliphatic carboxylic acids is 3. The first-order chi connectivity index (χ1) is 12.0. The highest BCUT2D eigenvalue weighted by atomic mass is 31.3. The summed E-state index contributed by atoms with van der Waals surface area (Å²) >= 11 is 0. The van der Waals surface area contributed by atoms with Crippen LogP contribution in [0.5, 0.6) is 0 Å². The van der Waals surface area contributed by atoms with Crippen molar-refractivity contribution < 1.29 is 67.5 Å². The lowest BCUT2D eigenvalue weighted by Gasteiger charge is -2.12. The van der Waals surface area contributed by atoms with Crippen LogP contribution in [0.15, 0.2) is 12.2 Å². The normalized spacial score (nSPS) is 15.4. The fourth-order valence-corrected chi connectivity index (χ4v) is 2.77. The van der Waals surface area contributed by atoms with Crippen molar-refractivity contribution in [1.82, 2.24) is 0 Å². The van der Waals surface area contributed by atoms with E-state index in [4.69, 9.17) is 35.1 Å². The predicted octanol–water partition coefficient (Wildman–Crippen LogP) is -0.214. The molecular weight excluding hydrogens is 418 g/mol. The zero-order valence-corrected chi connectivity index (χ0v) is 15.7. The molecule has 0 aliphatic heterocycles. The van der Waals surface area contributed by atoms with E-state index in [1.165, 1.54) is 0 Å². The fourth-order valence-electron chi connectivity index (χ4n) is 1.19. The topological polar surface area (TPSA) is 245 Å². The van der Waals surface area contributed by atoms with Gasteiger partial charge in [-0.25, -0.2) is 13.9 Å². The second-order valence-electron chi connectivity index (χ2n) is 4.91. The minimum atomic E-state index is -5.01. The molecule has 3 atom stereocenters. The highest BCUT2D eigenvalue weighted by molar-refractivity contribution is 7.60. The van der Waals surface area contributed by atoms with Crippen molar-refractivity contribution in [3.8, 4) is 0 Å². The van der Waals surface area contributed by atoms with Gasteiger partial charge in [-0.05, 0) is 13.3 Å². The molecule has 0 amide bonds. The molecule has 0 aliphatic rings. The van der Waals surface area contributed by atoms with Gasteiger partial charge in [0, 0.05) is 0 Å². The standard InChI is InChI=1S/C6H8O7.C5H12O7P2/c7-3(8)1-2(5(10)11)4(9)6(12)13;1-5(2)3-4-11-14(9,10)12-13(6,7)8/h2,4,9H,1H2,(H,7,8)(H,10,11)(H,12,13);1,3-4H2,2H3,(H,9,10)(H2,6,7,8). The van der Waals surface area contributed by atoms with E-state index < -0.39 is 52.0 Å². The molecule has 0 aromatic heterocycles. The lowest BCUT2D eigenvalue weighted by Crippen LogP contribution is -2.36. The monoisotopic (exact) mass is 438 g/mol. The molecular formula is C11H20O14P2. The summed E-state index contributed by atoms with van der Waals surface area (Å²) in [6.07, 6.45) is -2.83. The van der Waals surface area contributed by atoms with Gasteiger partial charge in [0.1, 0.15) is 5.92 Å². The third-order valence-electron chi connectivity index (χ3n) is 2.34. The summed E-state index contributed by atoms with van der Waals surface area (Å²) in [6.45, 7) is 4.99. The van der Waals surface area contributed by atoms with Crippen molar-refractivity contribution in [3.63, 3.8) is 0 Å². The molecule has 27 heavy (non-hydrogen) atoms. The van der Waals surface area contributed by atoms with Gasteiger partial charge in [0.25, 0.3) is 0 Å². The number of hydrogen-bond acceptors (Lipinski definition) is 8. The van der Waals surface area contributed by atoms with Crippen LogP contribution in [0.4, 0.5) is 0 Å². The Hall–Kier alpha value is -1.63. The molecule has 0 aliphatic carbocycles. The van der Waals surface area contributed by atoms with E-state index >= 15 is 0 Å². The molecule has 0 saturated carbocycles. The minimum Gasteiger partial charge on any atom is -0.481 e. The smallest absolute Gasteiger partial charge is 0.481 e. The lowest BCUT2D eigenvalue weighted by molar-refractivity contribution is -0.162. The van der Waals surface area contributed by atoms with Crippen LogP contribution in [0.25, 0.3) is 0 Å². The van der Waals surface area contributed by atoms with Crippen molar-refractivity contribution in [1.29, 1.82) is 0 Å². The molecule has 0 rings (SSSR count). The van der Waals surface area contributed by atoms with E-state index in [2.05, 4.69) is 15.4 Å². The molecule has 7 N–H and O–H groups in total. The summed E-state index contributed by atoms with van der Waals surface area (Å²) in [5.41, 5.74) is 0.709. The third kappa shape index (κ3) is 16.3. The number of carboxylic acids is 3. The Morgan fingerprint density at radius 2 is 1.52 bits per heavy atom. The second-order valence-corrected chi connectivity index (χ2v) is 7.74. The molecule has 0 fully saturated rings. The highest BCUT2D eigenvalue weighted by Gasteiger charge is 2.34. The first-order valence-electron chi connectivity index (χ1n) is 6.72. The van der Waals surface area contributed by atoms with Crippen LogP contribution in [0, 0.1) is 5.92 Å². The molecule has 14 nitrogen and oxygen atoms in total. The van der Waals surface area contributed by atoms with Crippen molar-refractivity contribution in [2.24, 2.45) is 5.92 Å². The van der Waals surface area contributed by atoms with Gasteiger partial charge < -0.3 is 35.1 Å². The van der Waals surface area contributed by atoms with Crippen molar-refractivity contribution >= 4 is 33.6 Å². The maximum Gasteiger partial charge on any atom is 0.481 e. The number of aliphatic hydroxyl groups excluding tert-OH is 1. The Morgan fingerprint density at radius 1 is 1.04 bits per heavy atom. The minimum absolute atomic E-state index is 0.191. The van der Waals surface area contributed by atoms with Crippen molar-refractivity contribution in [3.05, 3.63) is 12.2 Å². The van der Waals surface area contributed by atoms with Crippen LogP contribution in [0.1, 0.15) is 19.8 Å². The van der Waals surface area contributed by atoms with Gasteiger partial charge in [-0.3, -0.25) is 14.1 Å². The third-order valence-corrected chi connectivity index (χ3v) is 4.52. The van der Waals surface area contributed by atoms with Crippen molar-refractivity contribution in [2.45, 2.75) is 25.9 Å². The first-order valence-corrected chi connectivity index (χ1v) is 9.75. The first kappa shape index (κ1) is 27.6. The Balaban J connectivity index is 0. The van der Waals surface area contributed by atoms with E-state index in [0.717, 1.165) is 0 Å². The molecule has 0 spiro atoms. The van der Waals surface area contributed by atoms with Crippen molar-refractivity contribution in [2.75, 3.05) is 6.61 Å². The van der Waals surface area contributed by atoms with E-state index in [-0.39, 0.29) is 6.61 Å². The number of phosphoric acid groups is 2. The van der Waals surface area contributed by atoms with Crippen LogP contribution < -0.4 is 0 Å². The van der Waals surface area contributed by atoms with Crippen LogP contribution in [-0.2, 0) is 32.3 Å². The van der Waals surface area contributed by atoms with E-state index in [1.54, 1.807) is 6.92 Å². The summed E-state index contributed by atoms with van der Waals surface area (Å²) in [5.74, 6) is -6.71. The zero-order valence-electron chi connectivity index (χ0n) is 13.9. The average molecular weight is 438 g/mol. The number of hydrogen-bond donors (Lipinski definition) is 7. The molecule has 0 radical (unpaired) electrons. The number of carboxylic acid groups (broad SMARTS) is 3. The highest BCUT2D eigenvalue weighted by Crippen LogP contribution is 2.57. The predicted molar refractivity (Wildman–Crippen MR) is 85.4 cm³/mol. The van der Waals surface area contributed by atoms with Gasteiger partial charge in [0.15, 0.2) is 6.10 Å². The summed E-state index contributed by atoms with van der Waals surface area (Å²) < 4.78 is 28.8. The molecule has 0 saturated heterocycles. The molecule has 0 bridgehead atoms. The summed E-state index contributed by atoms with van der Waals surface area (Å²) in [6, 6.07) is 0. The second kappa shape index (κ2) is 12.0. The van der Waals surface area contributed by atoms with Gasteiger partial charge in [-0.1, -0.05) is 5.57 Å². The Labute approximate surface area is 152 Å². The van der Waals surface area contributed by atoms with Crippen LogP contribution >= 0.6 is 15.6 Å². The Kier molecular flexibility index (Phi) is 12.2. The van der Waals surface area contributed by atoms with Gasteiger partial charge in [0.2, 0.25) is 0 Å². The maximum atomic E-state index is 10.8. The van der Waals surface area contributed by atoms with E-state index in [0.29, 0.717) is 12.0 Å². The summed E-state index contributed by atoms with van der Waals surface area (Å²) in [4.78, 5) is 55.7. The number of rotatable bonds is 11. The van der Waals surface area contributed by atoms with Gasteiger partial charge in [-0.2, -0.15) is 4.31 Å². The number of phosphoric ester groups is 1. The zero-order chi connectivity index (χ0) is 22.0. The molecule has 0 aromatic rings. The quantitative estimate of drug-likeness (QED) is 0.163. The maximum absolute atomic E-state index is 10.8. The van der Waals surface area contributed by atoms with Crippen LogP contribution in [0.3, 0.4) is 0 Å². The van der Waals surface area contributed by atoms with E-state index in [9.17, 15) is 23.5 Å². The van der Waals surface area contributed by atoms with Crippen LogP contribution in [-0.4, -0.2) is 65.7 Å². The molecule has 0 aromatic carbocycles. The molecule has 3 unspecified atom stereocenters. The van der Waals surface area contributed by atoms with Gasteiger partial charge >= 0.3 is 33.6 Å². The number of aliphatic hydroxyl groups is 1.